The van der Waals surface area contributed by atoms with Crippen LogP contribution in [0, 0.1) is 5.82 Å². The number of aromatic nitrogens is 1. The van der Waals surface area contributed by atoms with E-state index in [2.05, 4.69) is 15.6 Å². The largest absolute Gasteiger partial charge is 0.489 e. The average Bonchev–Trinajstić information content (AvgIpc) is 3.49. The van der Waals surface area contributed by atoms with Crippen LogP contribution in [0.15, 0.2) is 73.1 Å². The number of benzene rings is 2. The van der Waals surface area contributed by atoms with Crippen molar-refractivity contribution in [3.8, 4) is 5.75 Å². The Labute approximate surface area is 162 Å². The third-order valence-corrected chi connectivity index (χ3v) is 4.74. The molecule has 1 aromatic heterocycles. The van der Waals surface area contributed by atoms with Gasteiger partial charge >= 0.3 is 6.03 Å². The van der Waals surface area contributed by atoms with E-state index in [1.807, 2.05) is 12.1 Å². The minimum atomic E-state index is -0.398. The van der Waals surface area contributed by atoms with Gasteiger partial charge in [0.2, 0.25) is 0 Å². The van der Waals surface area contributed by atoms with Crippen LogP contribution in [0.4, 0.5) is 14.9 Å². The lowest BCUT2D eigenvalue weighted by molar-refractivity contribution is 0.247. The van der Waals surface area contributed by atoms with Gasteiger partial charge in [-0.05, 0) is 60.9 Å². The molecule has 0 radical (unpaired) electrons. The van der Waals surface area contributed by atoms with E-state index < -0.39 is 5.54 Å². The van der Waals surface area contributed by atoms with Gasteiger partial charge < -0.3 is 15.4 Å². The lowest BCUT2D eigenvalue weighted by Gasteiger charge is -2.18. The zero-order valence-electron chi connectivity index (χ0n) is 15.2. The van der Waals surface area contributed by atoms with E-state index in [1.54, 1.807) is 48.8 Å². The third-order valence-electron chi connectivity index (χ3n) is 4.74. The fraction of sp³-hybridized carbons (Fsp3) is 0.182. The zero-order chi connectivity index (χ0) is 19.4. The van der Waals surface area contributed by atoms with Crippen molar-refractivity contribution in [1.29, 1.82) is 0 Å². The van der Waals surface area contributed by atoms with Crippen molar-refractivity contribution in [2.45, 2.75) is 25.0 Å². The molecule has 1 saturated carbocycles. The number of hydrogen-bond donors (Lipinski definition) is 2. The van der Waals surface area contributed by atoms with Gasteiger partial charge in [0.25, 0.3) is 0 Å². The van der Waals surface area contributed by atoms with E-state index in [0.717, 1.165) is 24.0 Å². The first-order valence-corrected chi connectivity index (χ1v) is 9.10. The van der Waals surface area contributed by atoms with Crippen LogP contribution in [0.25, 0.3) is 0 Å². The number of amides is 2. The van der Waals surface area contributed by atoms with Gasteiger partial charge in [0.05, 0.1) is 5.54 Å². The van der Waals surface area contributed by atoms with Crippen molar-refractivity contribution >= 4 is 11.7 Å². The molecule has 4 rings (SSSR count). The topological polar surface area (TPSA) is 63.2 Å². The summed E-state index contributed by atoms with van der Waals surface area (Å²) < 4.78 is 18.8. The van der Waals surface area contributed by atoms with Crippen molar-refractivity contribution in [3.63, 3.8) is 0 Å². The zero-order valence-corrected chi connectivity index (χ0v) is 15.2. The highest BCUT2D eigenvalue weighted by Crippen LogP contribution is 2.45. The lowest BCUT2D eigenvalue weighted by atomic mass is 10.1. The van der Waals surface area contributed by atoms with Crippen LogP contribution in [0.2, 0.25) is 0 Å². The first-order chi connectivity index (χ1) is 13.6. The molecule has 3 aromatic rings. The number of rotatable bonds is 6. The summed E-state index contributed by atoms with van der Waals surface area (Å²) in [5.41, 5.74) is 2.17. The quantitative estimate of drug-likeness (QED) is 0.659. The molecule has 1 fully saturated rings. The number of urea groups is 1. The Morgan fingerprint density at radius 2 is 1.82 bits per heavy atom. The Balaban J connectivity index is 1.31. The van der Waals surface area contributed by atoms with Crippen LogP contribution in [-0.4, -0.2) is 11.0 Å². The van der Waals surface area contributed by atoms with Gasteiger partial charge in [-0.3, -0.25) is 4.98 Å². The van der Waals surface area contributed by atoms with Crippen LogP contribution >= 0.6 is 0 Å². The second-order valence-corrected chi connectivity index (χ2v) is 6.84. The Hall–Kier alpha value is -3.41. The normalized spacial score (nSPS) is 14.2. The monoisotopic (exact) mass is 377 g/mol. The number of nitrogens with zero attached hydrogens (tertiary/aromatic N) is 1. The maximum absolute atomic E-state index is 13.1. The number of anilines is 1. The second kappa shape index (κ2) is 7.68. The molecule has 28 heavy (non-hydrogen) atoms. The average molecular weight is 377 g/mol. The summed E-state index contributed by atoms with van der Waals surface area (Å²) in [6.45, 7) is 0.432. The molecule has 0 aliphatic heterocycles. The molecule has 0 atom stereocenters. The van der Waals surface area contributed by atoms with Gasteiger partial charge in [-0.15, -0.1) is 0 Å². The van der Waals surface area contributed by atoms with Crippen molar-refractivity contribution in [2.24, 2.45) is 0 Å². The molecule has 1 heterocycles. The van der Waals surface area contributed by atoms with Crippen LogP contribution < -0.4 is 15.4 Å². The number of hydrogen-bond acceptors (Lipinski definition) is 3. The molecule has 1 aliphatic rings. The molecule has 1 aliphatic carbocycles. The van der Waals surface area contributed by atoms with E-state index >= 15 is 0 Å². The van der Waals surface area contributed by atoms with Gasteiger partial charge in [-0.25, -0.2) is 9.18 Å². The fourth-order valence-corrected chi connectivity index (χ4v) is 3.04. The van der Waals surface area contributed by atoms with Crippen LogP contribution in [0.1, 0.15) is 24.0 Å². The minimum Gasteiger partial charge on any atom is -0.489 e. The second-order valence-electron chi connectivity index (χ2n) is 6.84. The maximum atomic E-state index is 13.1. The number of nitrogens with one attached hydrogen (secondary N) is 2. The van der Waals surface area contributed by atoms with E-state index in [0.29, 0.717) is 18.0 Å². The van der Waals surface area contributed by atoms with Gasteiger partial charge in [-0.2, -0.15) is 0 Å². The van der Waals surface area contributed by atoms with Gasteiger partial charge in [0.15, 0.2) is 0 Å². The van der Waals surface area contributed by atoms with Gasteiger partial charge in [0, 0.05) is 23.6 Å². The standard InChI is InChI=1S/C22H20FN3O2/c23-18-5-3-17(4-6-18)22(11-12-22)26-21(27)25-19-7-9-20(10-8-19)28-15-16-2-1-13-24-14-16/h1-10,13-14H,11-12,15H2,(H2,25,26,27). The maximum Gasteiger partial charge on any atom is 0.319 e. The molecule has 6 heteroatoms. The summed E-state index contributed by atoms with van der Waals surface area (Å²) in [7, 11) is 0. The summed E-state index contributed by atoms with van der Waals surface area (Å²) in [5, 5.41) is 5.83. The van der Waals surface area contributed by atoms with Crippen molar-refractivity contribution in [2.75, 3.05) is 5.32 Å². The Bertz CT molecular complexity index is 940. The Morgan fingerprint density at radius 1 is 1.07 bits per heavy atom. The smallest absolute Gasteiger partial charge is 0.319 e. The van der Waals surface area contributed by atoms with E-state index in [9.17, 15) is 9.18 Å². The van der Waals surface area contributed by atoms with E-state index in [-0.39, 0.29) is 11.8 Å². The van der Waals surface area contributed by atoms with E-state index in [1.165, 1.54) is 12.1 Å². The molecule has 0 spiro atoms. The van der Waals surface area contributed by atoms with Gasteiger partial charge in [0.1, 0.15) is 18.2 Å². The molecule has 5 nitrogen and oxygen atoms in total. The molecular weight excluding hydrogens is 357 g/mol. The summed E-state index contributed by atoms with van der Waals surface area (Å²) in [4.78, 5) is 16.4. The highest BCUT2D eigenvalue weighted by Gasteiger charge is 2.45. The molecule has 0 saturated heterocycles. The molecule has 2 aromatic carbocycles. The summed E-state index contributed by atoms with van der Waals surface area (Å²) >= 11 is 0. The number of ether oxygens (including phenoxy) is 1. The van der Waals surface area contributed by atoms with Crippen molar-refractivity contribution in [1.82, 2.24) is 10.3 Å². The molecule has 2 N–H and O–H groups in total. The predicted octanol–water partition coefficient (Wildman–Crippen LogP) is 4.61. The molecule has 0 unspecified atom stereocenters. The molecule has 142 valence electrons. The lowest BCUT2D eigenvalue weighted by Crippen LogP contribution is -2.38. The highest BCUT2D eigenvalue weighted by atomic mass is 19.1. The molecule has 2 amide bonds. The number of pyridine rings is 1. The Kier molecular flexibility index (Phi) is 4.93. The van der Waals surface area contributed by atoms with Crippen molar-refractivity contribution in [3.05, 3.63) is 90.0 Å². The highest BCUT2D eigenvalue weighted by molar-refractivity contribution is 5.90. The number of carbonyl (C=O) groups excluding carboxylic acids is 1. The first-order valence-electron chi connectivity index (χ1n) is 9.10. The SMILES string of the molecule is O=C(Nc1ccc(OCc2cccnc2)cc1)NC1(c2ccc(F)cc2)CC1. The molecule has 0 bridgehead atoms. The molecular formula is C22H20FN3O2. The Morgan fingerprint density at radius 3 is 2.46 bits per heavy atom. The number of halogens is 1. The van der Waals surface area contributed by atoms with Crippen molar-refractivity contribution < 1.29 is 13.9 Å². The minimum absolute atomic E-state index is 0.283. The third kappa shape index (κ3) is 4.28. The number of carbonyl (C=O) groups is 1. The predicted molar refractivity (Wildman–Crippen MR) is 104 cm³/mol. The first kappa shape index (κ1) is 18.0. The van der Waals surface area contributed by atoms with Gasteiger partial charge in [-0.1, -0.05) is 18.2 Å². The van der Waals surface area contributed by atoms with Crippen LogP contribution in [-0.2, 0) is 12.1 Å². The fourth-order valence-electron chi connectivity index (χ4n) is 3.04. The summed E-state index contributed by atoms with van der Waals surface area (Å²) in [5.74, 6) is 0.426. The van der Waals surface area contributed by atoms with Crippen LogP contribution in [0.5, 0.6) is 5.75 Å². The van der Waals surface area contributed by atoms with E-state index in [4.69, 9.17) is 4.74 Å². The summed E-state index contributed by atoms with van der Waals surface area (Å²) in [6, 6.07) is 17.0. The summed E-state index contributed by atoms with van der Waals surface area (Å²) in [6.07, 6.45) is 5.16. The van der Waals surface area contributed by atoms with Crippen LogP contribution in [0.3, 0.4) is 0 Å².